The van der Waals surface area contributed by atoms with Crippen molar-refractivity contribution in [3.8, 4) is 0 Å². The number of pyridine rings is 2. The molecule has 8 nitrogen and oxygen atoms in total. The monoisotopic (exact) mass is 495 g/mol. The molecule has 6 rings (SSSR count). The third-order valence-electron chi connectivity index (χ3n) is 7.15. The van der Waals surface area contributed by atoms with Crippen molar-refractivity contribution in [1.29, 1.82) is 0 Å². The first kappa shape index (κ1) is 22.7. The Morgan fingerprint density at radius 3 is 2.89 bits per heavy atom. The van der Waals surface area contributed by atoms with E-state index in [1.165, 1.54) is 23.9 Å². The van der Waals surface area contributed by atoms with E-state index in [1.807, 2.05) is 12.1 Å². The summed E-state index contributed by atoms with van der Waals surface area (Å²) >= 11 is 1.48. The number of rotatable bonds is 6. The van der Waals surface area contributed by atoms with E-state index < -0.39 is 6.10 Å². The van der Waals surface area contributed by atoms with E-state index in [1.54, 1.807) is 16.7 Å². The van der Waals surface area contributed by atoms with Crippen LogP contribution in [-0.2, 0) is 17.9 Å². The first-order valence-electron chi connectivity index (χ1n) is 11.8. The predicted octanol–water partition coefficient (Wildman–Crippen LogP) is 1.76. The summed E-state index contributed by atoms with van der Waals surface area (Å²) in [5.74, 6) is 0.616. The molecule has 10 heteroatoms. The van der Waals surface area contributed by atoms with Crippen LogP contribution in [0.3, 0.4) is 0 Å². The summed E-state index contributed by atoms with van der Waals surface area (Å²) in [6, 6.07) is 10.4. The number of aliphatic hydroxyl groups is 1. The van der Waals surface area contributed by atoms with Gasteiger partial charge in [-0.1, -0.05) is 0 Å². The molecule has 3 atom stereocenters. The molecule has 3 aliphatic rings. The minimum Gasteiger partial charge on any atom is -0.391 e. The summed E-state index contributed by atoms with van der Waals surface area (Å²) in [5.41, 5.74) is 2.03. The molecule has 1 amide bonds. The fourth-order valence-corrected chi connectivity index (χ4v) is 6.28. The molecule has 35 heavy (non-hydrogen) atoms. The summed E-state index contributed by atoms with van der Waals surface area (Å²) in [6.07, 6.45) is -0.484. The Morgan fingerprint density at radius 1 is 1.14 bits per heavy atom. The Kier molecular flexibility index (Phi) is 5.84. The number of carbonyl (C=O) groups excluding carboxylic acids is 1. The third kappa shape index (κ3) is 4.24. The van der Waals surface area contributed by atoms with E-state index in [0.29, 0.717) is 61.9 Å². The summed E-state index contributed by atoms with van der Waals surface area (Å²) in [7, 11) is 0. The van der Waals surface area contributed by atoms with Gasteiger partial charge < -0.3 is 20.3 Å². The number of anilines is 1. The largest absolute Gasteiger partial charge is 0.391 e. The fourth-order valence-electron chi connectivity index (χ4n) is 5.52. The highest BCUT2D eigenvalue weighted by molar-refractivity contribution is 8.00. The molecule has 0 saturated carbocycles. The number of likely N-dealkylation sites (tertiary alicyclic amines) is 1. The van der Waals surface area contributed by atoms with Gasteiger partial charge in [0, 0.05) is 62.7 Å². The molecule has 5 heterocycles. The lowest BCUT2D eigenvalue weighted by Crippen LogP contribution is -2.31. The standard InChI is InChI=1S/C25H26FN5O3S/c26-18-4-1-14-2-6-22(34)31-11-16(23(18)24(14)31)10-30-9-15(19(32)12-30)7-27-8-17-3-5-20-25(28-17)29-21(33)13-35-20/h1-6,15-16,19,27,32H,7-13H2,(H,28,29,33)/t15-,16?,19-/m1/s1. The van der Waals surface area contributed by atoms with Crippen molar-refractivity contribution >= 4 is 34.4 Å². The molecule has 1 fully saturated rings. The number of hydrogen-bond donors (Lipinski definition) is 3. The second kappa shape index (κ2) is 9.02. The molecule has 1 unspecified atom stereocenters. The number of thioether (sulfide) groups is 1. The minimum atomic E-state index is -0.484. The van der Waals surface area contributed by atoms with E-state index in [4.69, 9.17) is 0 Å². The predicted molar refractivity (Wildman–Crippen MR) is 132 cm³/mol. The zero-order valence-electron chi connectivity index (χ0n) is 19.0. The smallest absolute Gasteiger partial charge is 0.251 e. The third-order valence-corrected chi connectivity index (χ3v) is 8.20. The number of hydrogen-bond acceptors (Lipinski definition) is 7. The topological polar surface area (TPSA) is 99.5 Å². The first-order chi connectivity index (χ1) is 17.0. The number of benzene rings is 1. The van der Waals surface area contributed by atoms with Crippen molar-refractivity contribution in [2.75, 3.05) is 37.2 Å². The van der Waals surface area contributed by atoms with Gasteiger partial charge >= 0.3 is 0 Å². The maximum atomic E-state index is 14.8. The lowest BCUT2D eigenvalue weighted by Gasteiger charge is -2.21. The SMILES string of the molecule is O=C1CSc2ccc(CNC[C@@H]3CN(CC4Cn5c(=O)ccc6ccc(F)c4c65)C[C@H]3O)nc2N1. The van der Waals surface area contributed by atoms with E-state index >= 15 is 0 Å². The molecule has 1 aromatic carbocycles. The average molecular weight is 496 g/mol. The molecular weight excluding hydrogens is 469 g/mol. The van der Waals surface area contributed by atoms with Crippen LogP contribution in [0.1, 0.15) is 17.2 Å². The fraction of sp³-hybridized carbons (Fsp3) is 0.400. The van der Waals surface area contributed by atoms with Crippen molar-refractivity contribution in [3.05, 3.63) is 63.8 Å². The van der Waals surface area contributed by atoms with Crippen LogP contribution in [0.2, 0.25) is 0 Å². The highest BCUT2D eigenvalue weighted by Gasteiger charge is 2.35. The number of halogens is 1. The molecule has 0 bridgehead atoms. The average Bonchev–Trinajstić information content (AvgIpc) is 3.39. The van der Waals surface area contributed by atoms with Crippen LogP contribution in [0.4, 0.5) is 10.2 Å². The summed E-state index contributed by atoms with van der Waals surface area (Å²) in [6.45, 7) is 3.41. The quantitative estimate of drug-likeness (QED) is 0.479. The summed E-state index contributed by atoms with van der Waals surface area (Å²) in [5, 5.41) is 17.7. The second-order valence-electron chi connectivity index (χ2n) is 9.54. The molecule has 182 valence electrons. The Morgan fingerprint density at radius 2 is 2.00 bits per heavy atom. The van der Waals surface area contributed by atoms with Crippen LogP contribution in [-0.4, -0.2) is 63.5 Å². The zero-order chi connectivity index (χ0) is 24.1. The number of carbonyl (C=O) groups is 1. The van der Waals surface area contributed by atoms with Crippen molar-refractivity contribution < 1.29 is 14.3 Å². The van der Waals surface area contributed by atoms with Crippen LogP contribution in [0.15, 0.2) is 46.1 Å². The molecule has 3 N–H and O–H groups in total. The number of nitrogens with one attached hydrogen (secondary N) is 2. The van der Waals surface area contributed by atoms with Gasteiger partial charge in [0.05, 0.1) is 28.0 Å². The van der Waals surface area contributed by atoms with Gasteiger partial charge in [-0.25, -0.2) is 9.37 Å². The zero-order valence-corrected chi connectivity index (χ0v) is 19.9. The van der Waals surface area contributed by atoms with Gasteiger partial charge in [0.25, 0.3) is 5.56 Å². The molecule has 3 aromatic rings. The second-order valence-corrected chi connectivity index (χ2v) is 10.6. The normalized spacial score (nSPS) is 23.6. The summed E-state index contributed by atoms with van der Waals surface area (Å²) < 4.78 is 16.5. The van der Waals surface area contributed by atoms with E-state index in [2.05, 4.69) is 20.5 Å². The number of β-amino-alcohol motifs (C(OH)–C–C–N with tert-alkyl or cyclic N) is 1. The van der Waals surface area contributed by atoms with Crippen molar-refractivity contribution in [3.63, 3.8) is 0 Å². The first-order valence-corrected chi connectivity index (χ1v) is 12.8. The van der Waals surface area contributed by atoms with Gasteiger partial charge in [0.1, 0.15) is 11.6 Å². The van der Waals surface area contributed by atoms with Crippen LogP contribution in [0.5, 0.6) is 0 Å². The van der Waals surface area contributed by atoms with Crippen molar-refractivity contribution in [1.82, 2.24) is 19.8 Å². The Bertz CT molecular complexity index is 1380. The number of aliphatic hydroxyl groups excluding tert-OH is 1. The van der Waals surface area contributed by atoms with Crippen LogP contribution in [0, 0.1) is 11.7 Å². The highest BCUT2D eigenvalue weighted by Crippen LogP contribution is 2.36. The lowest BCUT2D eigenvalue weighted by molar-refractivity contribution is -0.113. The molecule has 1 saturated heterocycles. The maximum Gasteiger partial charge on any atom is 0.251 e. The summed E-state index contributed by atoms with van der Waals surface area (Å²) in [4.78, 5) is 31.7. The van der Waals surface area contributed by atoms with Crippen molar-refractivity contribution in [2.45, 2.75) is 30.0 Å². The number of aromatic nitrogens is 2. The van der Waals surface area contributed by atoms with Gasteiger partial charge in [-0.2, -0.15) is 0 Å². The van der Waals surface area contributed by atoms with Gasteiger partial charge in [-0.05, 0) is 35.7 Å². The van der Waals surface area contributed by atoms with Crippen LogP contribution in [0.25, 0.3) is 10.9 Å². The molecule has 0 aliphatic carbocycles. The Labute approximate surface area is 205 Å². The van der Waals surface area contributed by atoms with Gasteiger partial charge in [0.15, 0.2) is 0 Å². The van der Waals surface area contributed by atoms with Crippen LogP contribution < -0.4 is 16.2 Å². The molecule has 0 spiro atoms. The number of fused-ring (bicyclic) bond motifs is 1. The van der Waals surface area contributed by atoms with Crippen molar-refractivity contribution in [2.24, 2.45) is 5.92 Å². The van der Waals surface area contributed by atoms with Gasteiger partial charge in [-0.15, -0.1) is 11.8 Å². The molecular formula is C25H26FN5O3S. The van der Waals surface area contributed by atoms with Crippen LogP contribution >= 0.6 is 11.8 Å². The van der Waals surface area contributed by atoms with Gasteiger partial charge in [-0.3, -0.25) is 14.5 Å². The number of nitrogens with zero attached hydrogens (tertiary/aromatic N) is 3. The highest BCUT2D eigenvalue weighted by atomic mass is 32.2. The Hall–Kier alpha value is -2.79. The lowest BCUT2D eigenvalue weighted by atomic mass is 9.98. The van der Waals surface area contributed by atoms with E-state index in [0.717, 1.165) is 16.0 Å². The minimum absolute atomic E-state index is 0.0371. The maximum absolute atomic E-state index is 14.8. The van der Waals surface area contributed by atoms with E-state index in [9.17, 15) is 19.1 Å². The van der Waals surface area contributed by atoms with E-state index in [-0.39, 0.29) is 29.1 Å². The molecule has 0 radical (unpaired) electrons. The molecule has 3 aliphatic heterocycles. The Balaban J connectivity index is 1.08. The number of amides is 1. The molecule has 2 aromatic heterocycles. The van der Waals surface area contributed by atoms with Gasteiger partial charge in [0.2, 0.25) is 5.91 Å².